The Morgan fingerprint density at radius 3 is 2.13 bits per heavy atom. The number of aliphatic hydroxyl groups excluding tert-OH is 1. The van der Waals surface area contributed by atoms with Crippen molar-refractivity contribution in [3.8, 4) is 0 Å². The van der Waals surface area contributed by atoms with Crippen LogP contribution in [0.2, 0.25) is 19.6 Å². The Morgan fingerprint density at radius 2 is 1.73 bits per heavy atom. The largest absolute Gasteiger partial charge is 0.388 e. The van der Waals surface area contributed by atoms with Gasteiger partial charge in [0.15, 0.2) is 0 Å². The molecule has 0 saturated carbocycles. The topological polar surface area (TPSA) is 20.2 Å². The fourth-order valence-corrected chi connectivity index (χ4v) is 2.64. The zero-order valence-electron chi connectivity index (χ0n) is 9.63. The standard InChI is InChI=1S/C12H19FOSi/c1-15(2,3)11-6-4-10(5-7-11)12(14)8-9-13/h4-7,12,14H,8-9H2,1-3H3. The molecule has 0 heterocycles. The van der Waals surface area contributed by atoms with Crippen LogP contribution in [-0.4, -0.2) is 19.9 Å². The molecule has 0 spiro atoms. The molecule has 0 fully saturated rings. The first-order valence-electron chi connectivity index (χ1n) is 5.29. The number of alkyl halides is 1. The summed E-state index contributed by atoms with van der Waals surface area (Å²) in [6, 6.07) is 7.94. The number of rotatable bonds is 4. The first-order valence-corrected chi connectivity index (χ1v) is 8.79. The van der Waals surface area contributed by atoms with Gasteiger partial charge in [0.05, 0.1) is 20.9 Å². The molecule has 0 aliphatic rings. The summed E-state index contributed by atoms with van der Waals surface area (Å²) < 4.78 is 12.0. The second kappa shape index (κ2) is 4.90. The summed E-state index contributed by atoms with van der Waals surface area (Å²) in [5.41, 5.74) is 0.814. The summed E-state index contributed by atoms with van der Waals surface area (Å²) in [7, 11) is -1.27. The summed E-state index contributed by atoms with van der Waals surface area (Å²) in [4.78, 5) is 0. The molecule has 0 saturated heterocycles. The Labute approximate surface area is 92.0 Å². The van der Waals surface area contributed by atoms with Gasteiger partial charge in [-0.25, -0.2) is 0 Å². The van der Waals surface area contributed by atoms with Gasteiger partial charge in [0.25, 0.3) is 0 Å². The fourth-order valence-electron chi connectivity index (χ4n) is 1.48. The van der Waals surface area contributed by atoms with E-state index in [1.54, 1.807) is 0 Å². The van der Waals surface area contributed by atoms with Gasteiger partial charge in [0, 0.05) is 6.42 Å². The lowest BCUT2D eigenvalue weighted by Crippen LogP contribution is -2.37. The Kier molecular flexibility index (Phi) is 4.05. The van der Waals surface area contributed by atoms with E-state index in [4.69, 9.17) is 0 Å². The smallest absolute Gasteiger partial charge is 0.0922 e. The highest BCUT2D eigenvalue weighted by Crippen LogP contribution is 2.16. The average Bonchev–Trinajstić information content (AvgIpc) is 2.17. The van der Waals surface area contributed by atoms with E-state index in [-0.39, 0.29) is 6.42 Å². The van der Waals surface area contributed by atoms with Gasteiger partial charge in [-0.15, -0.1) is 0 Å². The highest BCUT2D eigenvalue weighted by atomic mass is 28.3. The van der Waals surface area contributed by atoms with Crippen LogP contribution in [-0.2, 0) is 0 Å². The van der Waals surface area contributed by atoms with E-state index in [0.29, 0.717) is 0 Å². The quantitative estimate of drug-likeness (QED) is 0.783. The third kappa shape index (κ3) is 3.43. The van der Waals surface area contributed by atoms with E-state index in [1.165, 1.54) is 5.19 Å². The first kappa shape index (κ1) is 12.4. The number of aliphatic hydroxyl groups is 1. The van der Waals surface area contributed by atoms with E-state index in [2.05, 4.69) is 31.8 Å². The summed E-state index contributed by atoms with van der Waals surface area (Å²) >= 11 is 0. The molecule has 1 rings (SSSR count). The third-order valence-corrected chi connectivity index (χ3v) is 4.61. The average molecular weight is 226 g/mol. The van der Waals surface area contributed by atoms with Gasteiger partial charge in [-0.2, -0.15) is 0 Å². The number of hydrogen-bond donors (Lipinski definition) is 1. The van der Waals surface area contributed by atoms with Crippen molar-refractivity contribution in [1.29, 1.82) is 0 Å². The van der Waals surface area contributed by atoms with E-state index in [0.717, 1.165) is 5.56 Å². The zero-order chi connectivity index (χ0) is 11.5. The molecular formula is C12H19FOSi. The molecule has 0 amide bonds. The molecule has 0 bridgehead atoms. The van der Waals surface area contributed by atoms with Crippen LogP contribution in [0.3, 0.4) is 0 Å². The maximum atomic E-state index is 12.0. The van der Waals surface area contributed by atoms with Crippen LogP contribution in [0.5, 0.6) is 0 Å². The summed E-state index contributed by atoms with van der Waals surface area (Å²) in [6.07, 6.45) is -0.475. The summed E-state index contributed by atoms with van der Waals surface area (Å²) in [6.45, 7) is 6.36. The van der Waals surface area contributed by atoms with Crippen LogP contribution in [0.1, 0.15) is 18.1 Å². The molecule has 1 N–H and O–H groups in total. The Morgan fingerprint density at radius 1 is 1.20 bits per heavy atom. The SMILES string of the molecule is C[Si](C)(C)c1ccc(C(O)CCF)cc1. The Hall–Kier alpha value is -0.673. The van der Waals surface area contributed by atoms with Gasteiger partial charge < -0.3 is 5.11 Å². The number of halogens is 1. The lowest BCUT2D eigenvalue weighted by molar-refractivity contribution is 0.156. The predicted molar refractivity (Wildman–Crippen MR) is 65.0 cm³/mol. The van der Waals surface area contributed by atoms with Crippen molar-refractivity contribution >= 4 is 13.3 Å². The maximum Gasteiger partial charge on any atom is 0.0922 e. The minimum Gasteiger partial charge on any atom is -0.388 e. The molecule has 0 aliphatic carbocycles. The van der Waals surface area contributed by atoms with Crippen LogP contribution in [0, 0.1) is 0 Å². The van der Waals surface area contributed by atoms with Crippen molar-refractivity contribution in [1.82, 2.24) is 0 Å². The van der Waals surface area contributed by atoms with Crippen LogP contribution >= 0.6 is 0 Å². The van der Waals surface area contributed by atoms with Crippen molar-refractivity contribution in [3.05, 3.63) is 29.8 Å². The third-order valence-electron chi connectivity index (χ3n) is 2.54. The molecule has 1 aromatic rings. The summed E-state index contributed by atoms with van der Waals surface area (Å²) in [5.74, 6) is 0. The van der Waals surface area contributed by atoms with Gasteiger partial charge in [0.2, 0.25) is 0 Å². The van der Waals surface area contributed by atoms with Crippen LogP contribution in [0.4, 0.5) is 4.39 Å². The number of hydrogen-bond acceptors (Lipinski definition) is 1. The van der Waals surface area contributed by atoms with Gasteiger partial charge >= 0.3 is 0 Å². The number of benzene rings is 1. The molecule has 1 atom stereocenters. The van der Waals surface area contributed by atoms with Crippen molar-refractivity contribution in [3.63, 3.8) is 0 Å². The zero-order valence-corrected chi connectivity index (χ0v) is 10.6. The normalized spacial score (nSPS) is 13.9. The van der Waals surface area contributed by atoms with Crippen LogP contribution in [0.25, 0.3) is 0 Å². The van der Waals surface area contributed by atoms with Crippen molar-refractivity contribution in [2.24, 2.45) is 0 Å². The lowest BCUT2D eigenvalue weighted by Gasteiger charge is -2.17. The van der Waals surface area contributed by atoms with E-state index in [9.17, 15) is 9.50 Å². The van der Waals surface area contributed by atoms with Crippen molar-refractivity contribution < 1.29 is 9.50 Å². The molecule has 15 heavy (non-hydrogen) atoms. The van der Waals surface area contributed by atoms with E-state index in [1.807, 2.05) is 12.1 Å². The molecule has 1 unspecified atom stereocenters. The van der Waals surface area contributed by atoms with Crippen LogP contribution < -0.4 is 5.19 Å². The van der Waals surface area contributed by atoms with Crippen molar-refractivity contribution in [2.45, 2.75) is 32.2 Å². The molecular weight excluding hydrogens is 207 g/mol. The molecule has 1 nitrogen and oxygen atoms in total. The highest BCUT2D eigenvalue weighted by molar-refractivity contribution is 6.88. The fraction of sp³-hybridized carbons (Fsp3) is 0.500. The molecule has 0 radical (unpaired) electrons. The first-order chi connectivity index (χ1) is 6.95. The van der Waals surface area contributed by atoms with Gasteiger partial charge in [0.1, 0.15) is 0 Å². The van der Waals surface area contributed by atoms with Gasteiger partial charge in [-0.1, -0.05) is 49.1 Å². The second-order valence-corrected chi connectivity index (χ2v) is 9.94. The lowest BCUT2D eigenvalue weighted by atomic mass is 10.1. The molecule has 3 heteroatoms. The Bertz CT molecular complexity index is 302. The van der Waals surface area contributed by atoms with Crippen LogP contribution in [0.15, 0.2) is 24.3 Å². The van der Waals surface area contributed by atoms with Gasteiger partial charge in [-0.3, -0.25) is 4.39 Å². The predicted octanol–water partition coefficient (Wildman–Crippen LogP) is 2.62. The van der Waals surface area contributed by atoms with Crippen molar-refractivity contribution in [2.75, 3.05) is 6.67 Å². The molecule has 0 aliphatic heterocycles. The molecule has 1 aromatic carbocycles. The van der Waals surface area contributed by atoms with Gasteiger partial charge in [-0.05, 0) is 5.56 Å². The monoisotopic (exact) mass is 226 g/mol. The minimum absolute atomic E-state index is 0.187. The van der Waals surface area contributed by atoms with E-state index >= 15 is 0 Å². The maximum absolute atomic E-state index is 12.0. The molecule has 84 valence electrons. The second-order valence-electron chi connectivity index (χ2n) is 4.87. The molecule has 0 aromatic heterocycles. The summed E-state index contributed by atoms with van der Waals surface area (Å²) in [5, 5.41) is 10.9. The minimum atomic E-state index is -1.27. The Balaban J connectivity index is 2.81. The van der Waals surface area contributed by atoms with E-state index < -0.39 is 20.9 Å². The highest BCUT2D eigenvalue weighted by Gasteiger charge is 2.16.